The molecule has 0 heterocycles. The molecular weight excluding hydrogens is 340 g/mol. The Hall–Kier alpha value is -1.89. The minimum absolute atomic E-state index is 0.229. The molecule has 0 aliphatic carbocycles. The Kier molecular flexibility index (Phi) is 8.61. The van der Waals surface area contributed by atoms with Crippen molar-refractivity contribution in [3.63, 3.8) is 0 Å². The van der Waals surface area contributed by atoms with E-state index in [1.54, 1.807) is 44.7 Å². The van der Waals surface area contributed by atoms with Crippen molar-refractivity contribution in [1.82, 2.24) is 10.6 Å². The van der Waals surface area contributed by atoms with E-state index in [0.29, 0.717) is 12.2 Å². The lowest BCUT2D eigenvalue weighted by Crippen LogP contribution is -2.46. The first-order valence-corrected chi connectivity index (χ1v) is 9.60. The summed E-state index contributed by atoms with van der Waals surface area (Å²) in [6.07, 6.45) is 1.66. The second-order valence-electron chi connectivity index (χ2n) is 6.71. The number of carbonyl (C=O) groups excluding carboxylic acids is 2. The first-order valence-electron chi connectivity index (χ1n) is 8.20. The van der Waals surface area contributed by atoms with Crippen LogP contribution in [0.15, 0.2) is 24.3 Å². The fourth-order valence-corrected chi connectivity index (χ4v) is 2.44. The number of hydrogen-bond donors (Lipinski definition) is 2. The number of thioether (sulfide) groups is 1. The van der Waals surface area contributed by atoms with Crippen LogP contribution in [0.4, 0.5) is 9.59 Å². The van der Waals surface area contributed by atoms with Crippen molar-refractivity contribution < 1.29 is 19.1 Å². The number of alkyl carbamates (subject to hydrolysis) is 1. The molecule has 0 fully saturated rings. The van der Waals surface area contributed by atoms with Gasteiger partial charge in [0.25, 0.3) is 0 Å². The zero-order valence-corrected chi connectivity index (χ0v) is 16.4. The van der Waals surface area contributed by atoms with Gasteiger partial charge in [-0.3, -0.25) is 0 Å². The van der Waals surface area contributed by atoms with Crippen LogP contribution in [0, 0.1) is 6.92 Å². The maximum atomic E-state index is 11.9. The van der Waals surface area contributed by atoms with Crippen molar-refractivity contribution in [2.75, 3.05) is 18.6 Å². The number of ether oxygens (including phenoxy) is 2. The van der Waals surface area contributed by atoms with Crippen molar-refractivity contribution in [3.8, 4) is 5.75 Å². The summed E-state index contributed by atoms with van der Waals surface area (Å²) in [6, 6.07) is 6.98. The van der Waals surface area contributed by atoms with Gasteiger partial charge in [0.15, 0.2) is 0 Å². The van der Waals surface area contributed by atoms with Gasteiger partial charge in [-0.1, -0.05) is 17.7 Å². The molecule has 0 bridgehead atoms. The Balaban J connectivity index is 2.49. The predicted molar refractivity (Wildman–Crippen MR) is 101 cm³/mol. The van der Waals surface area contributed by atoms with Gasteiger partial charge in [0.05, 0.1) is 6.04 Å². The van der Waals surface area contributed by atoms with Gasteiger partial charge in [-0.05, 0) is 58.3 Å². The SMILES string of the molecule is CSCC[C@@H](CNC(=O)Oc1ccc(C)cc1)NC(=O)OC(C)(C)C. The van der Waals surface area contributed by atoms with E-state index in [1.807, 2.05) is 25.3 Å². The Morgan fingerprint density at radius 1 is 1.16 bits per heavy atom. The van der Waals surface area contributed by atoms with Crippen LogP contribution in [-0.4, -0.2) is 42.4 Å². The number of carbonyl (C=O) groups is 2. The third kappa shape index (κ3) is 9.86. The lowest BCUT2D eigenvalue weighted by atomic mass is 10.2. The average molecular weight is 368 g/mol. The fraction of sp³-hybridized carbons (Fsp3) is 0.556. The van der Waals surface area contributed by atoms with Crippen molar-refractivity contribution in [2.45, 2.75) is 45.8 Å². The van der Waals surface area contributed by atoms with Gasteiger partial charge >= 0.3 is 12.2 Å². The molecule has 1 aromatic rings. The van der Waals surface area contributed by atoms with Crippen LogP contribution in [0.1, 0.15) is 32.8 Å². The van der Waals surface area contributed by atoms with E-state index in [9.17, 15) is 9.59 Å². The Morgan fingerprint density at radius 2 is 1.80 bits per heavy atom. The molecule has 0 radical (unpaired) electrons. The van der Waals surface area contributed by atoms with E-state index < -0.39 is 17.8 Å². The highest BCUT2D eigenvalue weighted by Crippen LogP contribution is 2.11. The highest BCUT2D eigenvalue weighted by Gasteiger charge is 2.20. The summed E-state index contributed by atoms with van der Waals surface area (Å²) in [5.74, 6) is 1.33. The van der Waals surface area contributed by atoms with Gasteiger partial charge in [-0.15, -0.1) is 0 Å². The highest BCUT2D eigenvalue weighted by atomic mass is 32.2. The van der Waals surface area contributed by atoms with Gasteiger partial charge < -0.3 is 20.1 Å². The molecule has 1 atom stereocenters. The molecule has 0 aliphatic heterocycles. The molecule has 7 heteroatoms. The molecule has 6 nitrogen and oxygen atoms in total. The van der Waals surface area contributed by atoms with Crippen molar-refractivity contribution in [1.29, 1.82) is 0 Å². The van der Waals surface area contributed by atoms with Gasteiger partial charge in [0.1, 0.15) is 11.4 Å². The quantitative estimate of drug-likeness (QED) is 0.767. The van der Waals surface area contributed by atoms with Crippen LogP contribution in [0.5, 0.6) is 5.75 Å². The van der Waals surface area contributed by atoms with Crippen molar-refractivity contribution in [3.05, 3.63) is 29.8 Å². The summed E-state index contributed by atoms with van der Waals surface area (Å²) >= 11 is 1.67. The predicted octanol–water partition coefficient (Wildman–Crippen LogP) is 3.73. The van der Waals surface area contributed by atoms with E-state index in [2.05, 4.69) is 10.6 Å². The molecule has 2 amide bonds. The molecule has 0 aliphatic rings. The minimum atomic E-state index is -0.564. The maximum Gasteiger partial charge on any atom is 0.412 e. The zero-order valence-electron chi connectivity index (χ0n) is 15.5. The molecule has 0 unspecified atom stereocenters. The minimum Gasteiger partial charge on any atom is -0.444 e. The Labute approximate surface area is 154 Å². The van der Waals surface area contributed by atoms with Crippen LogP contribution in [0.2, 0.25) is 0 Å². The summed E-state index contributed by atoms with van der Waals surface area (Å²) in [5, 5.41) is 5.47. The van der Waals surface area contributed by atoms with E-state index in [0.717, 1.165) is 11.3 Å². The van der Waals surface area contributed by atoms with E-state index >= 15 is 0 Å². The van der Waals surface area contributed by atoms with Gasteiger partial charge in [0.2, 0.25) is 0 Å². The molecular formula is C18H28N2O4S. The topological polar surface area (TPSA) is 76.7 Å². The number of rotatable bonds is 7. The van der Waals surface area contributed by atoms with E-state index in [-0.39, 0.29) is 12.6 Å². The lowest BCUT2D eigenvalue weighted by molar-refractivity contribution is 0.0502. The van der Waals surface area contributed by atoms with Gasteiger partial charge in [0, 0.05) is 6.54 Å². The third-order valence-electron chi connectivity index (χ3n) is 3.12. The van der Waals surface area contributed by atoms with Crippen LogP contribution >= 0.6 is 11.8 Å². The van der Waals surface area contributed by atoms with Crippen LogP contribution in [0.25, 0.3) is 0 Å². The molecule has 25 heavy (non-hydrogen) atoms. The second kappa shape index (κ2) is 10.2. The lowest BCUT2D eigenvalue weighted by Gasteiger charge is -2.23. The largest absolute Gasteiger partial charge is 0.444 e. The Bertz CT molecular complexity index is 555. The number of hydrogen-bond acceptors (Lipinski definition) is 5. The number of benzene rings is 1. The molecule has 0 spiro atoms. The number of nitrogens with one attached hydrogen (secondary N) is 2. The molecule has 0 saturated heterocycles. The first-order chi connectivity index (χ1) is 11.7. The van der Waals surface area contributed by atoms with Crippen LogP contribution < -0.4 is 15.4 Å². The van der Waals surface area contributed by atoms with Crippen molar-refractivity contribution in [2.24, 2.45) is 0 Å². The molecule has 0 saturated carbocycles. The fourth-order valence-electron chi connectivity index (χ4n) is 1.92. The van der Waals surface area contributed by atoms with E-state index in [4.69, 9.17) is 9.47 Å². The number of aryl methyl sites for hydroxylation is 1. The van der Waals surface area contributed by atoms with Gasteiger partial charge in [-0.25, -0.2) is 9.59 Å². The summed E-state index contributed by atoms with van der Waals surface area (Å²) < 4.78 is 10.5. The van der Waals surface area contributed by atoms with Crippen LogP contribution in [-0.2, 0) is 4.74 Å². The molecule has 0 aromatic heterocycles. The zero-order chi connectivity index (χ0) is 18.9. The maximum absolute atomic E-state index is 11.9. The smallest absolute Gasteiger partial charge is 0.412 e. The normalized spacial score (nSPS) is 12.2. The van der Waals surface area contributed by atoms with Gasteiger partial charge in [-0.2, -0.15) is 11.8 Å². The summed E-state index contributed by atoms with van der Waals surface area (Å²) in [7, 11) is 0. The van der Waals surface area contributed by atoms with Crippen molar-refractivity contribution >= 4 is 23.9 Å². The molecule has 1 rings (SSSR count). The second-order valence-corrected chi connectivity index (χ2v) is 7.69. The number of amides is 2. The highest BCUT2D eigenvalue weighted by molar-refractivity contribution is 7.98. The summed E-state index contributed by atoms with van der Waals surface area (Å²) in [4.78, 5) is 23.8. The molecule has 140 valence electrons. The Morgan fingerprint density at radius 3 is 2.36 bits per heavy atom. The summed E-state index contributed by atoms with van der Waals surface area (Å²) in [5.41, 5.74) is 0.526. The third-order valence-corrected chi connectivity index (χ3v) is 3.76. The standard InChI is InChI=1S/C18H28N2O4S/c1-13-6-8-15(9-7-13)23-16(21)19-12-14(10-11-25-5)20-17(22)24-18(2,3)4/h6-9,14H,10-12H2,1-5H3,(H,19,21)(H,20,22)/t14-/m0/s1. The van der Waals surface area contributed by atoms with E-state index in [1.165, 1.54) is 0 Å². The molecule has 2 N–H and O–H groups in total. The molecule has 1 aromatic carbocycles. The first kappa shape index (κ1) is 21.2. The average Bonchev–Trinajstić information content (AvgIpc) is 2.50. The monoisotopic (exact) mass is 368 g/mol. The summed E-state index contributed by atoms with van der Waals surface area (Å²) in [6.45, 7) is 7.65. The van der Waals surface area contributed by atoms with Crippen LogP contribution in [0.3, 0.4) is 0 Å².